The molecule has 1 aromatic heterocycles. The summed E-state index contributed by atoms with van der Waals surface area (Å²) in [4.78, 5) is 21.4. The minimum atomic E-state index is -0.0387. The summed E-state index contributed by atoms with van der Waals surface area (Å²) < 4.78 is 0. The number of benzene rings is 2. The molecule has 1 fully saturated rings. The lowest BCUT2D eigenvalue weighted by atomic mass is 10.0. The summed E-state index contributed by atoms with van der Waals surface area (Å²) in [7, 11) is 0. The van der Waals surface area contributed by atoms with Crippen molar-refractivity contribution >= 4 is 40.2 Å². The van der Waals surface area contributed by atoms with Crippen molar-refractivity contribution in [2.75, 3.05) is 19.6 Å². The van der Waals surface area contributed by atoms with Crippen molar-refractivity contribution in [2.24, 2.45) is 0 Å². The maximum atomic E-state index is 13.0. The van der Waals surface area contributed by atoms with Crippen LogP contribution < -0.4 is 5.32 Å². The van der Waals surface area contributed by atoms with E-state index in [1.165, 1.54) is 37.6 Å². The van der Waals surface area contributed by atoms with Crippen LogP contribution in [0.4, 0.5) is 0 Å². The van der Waals surface area contributed by atoms with Crippen molar-refractivity contribution in [1.82, 2.24) is 15.2 Å². The normalized spacial score (nSPS) is 17.0. The fourth-order valence-electron chi connectivity index (χ4n) is 4.08. The number of para-hydroxylation sites is 1. The second kappa shape index (κ2) is 10.5. The van der Waals surface area contributed by atoms with E-state index in [2.05, 4.69) is 17.1 Å². The number of likely N-dealkylation sites (tertiary alicyclic amines) is 1. The highest BCUT2D eigenvalue weighted by atomic mass is 35.5. The molecule has 0 saturated carbocycles. The molecule has 1 aliphatic rings. The molecule has 0 radical (unpaired) electrons. The van der Waals surface area contributed by atoms with Gasteiger partial charge in [0.25, 0.3) is 5.91 Å². The molecule has 2 aromatic carbocycles. The van der Waals surface area contributed by atoms with Gasteiger partial charge in [0.1, 0.15) is 5.03 Å². The maximum Gasteiger partial charge on any atom is 0.252 e. The van der Waals surface area contributed by atoms with Gasteiger partial charge in [0.15, 0.2) is 0 Å². The van der Waals surface area contributed by atoms with Gasteiger partial charge in [-0.1, -0.05) is 48.0 Å². The van der Waals surface area contributed by atoms with E-state index in [1.807, 2.05) is 54.6 Å². The number of fused-ring (bicyclic) bond motifs is 1. The molecule has 2 heterocycles. The van der Waals surface area contributed by atoms with E-state index in [0.717, 1.165) is 33.8 Å². The molecule has 0 aliphatic carbocycles. The number of aromatic nitrogens is 1. The fraction of sp³-hybridized carbons (Fsp3) is 0.360. The molecule has 4 nitrogen and oxygen atoms in total. The molecular weight excluding hydrogens is 426 g/mol. The summed E-state index contributed by atoms with van der Waals surface area (Å²) in [6.45, 7) is 5.20. The van der Waals surface area contributed by atoms with Gasteiger partial charge in [0, 0.05) is 34.4 Å². The molecule has 1 atom stereocenters. The second-order valence-electron chi connectivity index (χ2n) is 8.07. The molecule has 0 bridgehead atoms. The number of hydrogen-bond donors (Lipinski definition) is 1. The first-order valence-corrected chi connectivity index (χ1v) is 12.1. The van der Waals surface area contributed by atoms with Crippen LogP contribution in [0.25, 0.3) is 10.9 Å². The Hall–Kier alpha value is -2.08. The minimum Gasteiger partial charge on any atom is -0.352 e. The average Bonchev–Trinajstić information content (AvgIpc) is 2.78. The Bertz CT molecular complexity index is 1040. The Kier molecular flexibility index (Phi) is 7.49. The van der Waals surface area contributed by atoms with Crippen molar-refractivity contribution in [3.05, 3.63) is 65.2 Å². The Morgan fingerprint density at radius 3 is 2.81 bits per heavy atom. The fourth-order valence-corrected chi connectivity index (χ4v) is 5.04. The summed E-state index contributed by atoms with van der Waals surface area (Å²) in [5, 5.41) is 5.51. The Balaban J connectivity index is 1.45. The zero-order valence-corrected chi connectivity index (χ0v) is 19.4. The van der Waals surface area contributed by atoms with Gasteiger partial charge >= 0.3 is 0 Å². The number of hydrogen-bond acceptors (Lipinski definition) is 4. The number of pyridine rings is 1. The predicted molar refractivity (Wildman–Crippen MR) is 129 cm³/mol. The summed E-state index contributed by atoms with van der Waals surface area (Å²) in [5.74, 6) is -0.0387. The smallest absolute Gasteiger partial charge is 0.252 e. The Labute approximate surface area is 193 Å². The number of halogens is 1. The number of nitrogens with one attached hydrogen (secondary N) is 1. The molecule has 0 spiro atoms. The topological polar surface area (TPSA) is 45.2 Å². The number of carbonyl (C=O) groups is 1. The van der Waals surface area contributed by atoms with Crippen molar-refractivity contribution in [3.8, 4) is 0 Å². The molecule has 162 valence electrons. The van der Waals surface area contributed by atoms with Crippen LogP contribution in [0, 0.1) is 0 Å². The third kappa shape index (κ3) is 5.79. The van der Waals surface area contributed by atoms with E-state index in [0.29, 0.717) is 23.2 Å². The van der Waals surface area contributed by atoms with Gasteiger partial charge in [0.2, 0.25) is 0 Å². The zero-order chi connectivity index (χ0) is 21.6. The molecule has 1 amide bonds. The molecule has 1 N–H and O–H groups in total. The van der Waals surface area contributed by atoms with Crippen LogP contribution in [0.3, 0.4) is 0 Å². The van der Waals surface area contributed by atoms with Crippen LogP contribution in [-0.4, -0.2) is 41.5 Å². The standard InChI is InChI=1S/C25H28ClN3OS/c1-18-7-4-5-15-29(18)16-6-14-27-25(30)22-17-24(28-23-9-3-2-8-21(22)23)31-20-12-10-19(26)11-13-20/h2-3,8-13,17-18H,4-7,14-16H2,1H3,(H,27,30)/t18-/m0/s1. The largest absolute Gasteiger partial charge is 0.352 e. The van der Waals surface area contributed by atoms with Crippen molar-refractivity contribution in [2.45, 2.75) is 48.6 Å². The van der Waals surface area contributed by atoms with E-state index in [9.17, 15) is 4.79 Å². The highest BCUT2D eigenvalue weighted by molar-refractivity contribution is 7.99. The molecule has 4 rings (SSSR count). The lowest BCUT2D eigenvalue weighted by molar-refractivity contribution is 0.0950. The van der Waals surface area contributed by atoms with E-state index in [1.54, 1.807) is 0 Å². The molecule has 0 unspecified atom stereocenters. The quantitative estimate of drug-likeness (QED) is 0.443. The van der Waals surface area contributed by atoms with Gasteiger partial charge in [-0.15, -0.1) is 0 Å². The van der Waals surface area contributed by atoms with E-state index < -0.39 is 0 Å². The lowest BCUT2D eigenvalue weighted by Crippen LogP contribution is -2.39. The van der Waals surface area contributed by atoms with Crippen LogP contribution in [0.5, 0.6) is 0 Å². The van der Waals surface area contributed by atoms with Gasteiger partial charge in [-0.2, -0.15) is 0 Å². The van der Waals surface area contributed by atoms with Gasteiger partial charge < -0.3 is 10.2 Å². The van der Waals surface area contributed by atoms with Gasteiger partial charge in [-0.25, -0.2) is 4.98 Å². The van der Waals surface area contributed by atoms with Gasteiger partial charge in [-0.05, 0) is 69.1 Å². The van der Waals surface area contributed by atoms with E-state index >= 15 is 0 Å². The van der Waals surface area contributed by atoms with Crippen LogP contribution in [-0.2, 0) is 0 Å². The molecule has 1 saturated heterocycles. The number of nitrogens with zero attached hydrogens (tertiary/aromatic N) is 2. The third-order valence-corrected chi connectivity index (χ3v) is 7.00. The minimum absolute atomic E-state index is 0.0387. The molecule has 31 heavy (non-hydrogen) atoms. The summed E-state index contributed by atoms with van der Waals surface area (Å²) in [5.41, 5.74) is 1.50. The van der Waals surface area contributed by atoms with E-state index in [-0.39, 0.29) is 5.91 Å². The maximum absolute atomic E-state index is 13.0. The molecular formula is C25H28ClN3OS. The highest BCUT2D eigenvalue weighted by Gasteiger charge is 2.18. The number of piperidine rings is 1. The number of carbonyl (C=O) groups excluding carboxylic acids is 1. The van der Waals surface area contributed by atoms with Crippen LogP contribution in [0.15, 0.2) is 64.5 Å². The van der Waals surface area contributed by atoms with Crippen molar-refractivity contribution in [3.63, 3.8) is 0 Å². The molecule has 1 aliphatic heterocycles. The van der Waals surface area contributed by atoms with Crippen LogP contribution in [0.2, 0.25) is 5.02 Å². The summed E-state index contributed by atoms with van der Waals surface area (Å²) in [6.07, 6.45) is 4.86. The summed E-state index contributed by atoms with van der Waals surface area (Å²) in [6, 6.07) is 18.0. The van der Waals surface area contributed by atoms with E-state index in [4.69, 9.17) is 16.6 Å². The van der Waals surface area contributed by atoms with Gasteiger partial charge in [0.05, 0.1) is 11.1 Å². The SMILES string of the molecule is C[C@H]1CCCCN1CCCNC(=O)c1cc(Sc2ccc(Cl)cc2)nc2ccccc12. The first kappa shape index (κ1) is 22.1. The Morgan fingerprint density at radius 1 is 1.19 bits per heavy atom. The first-order chi connectivity index (χ1) is 15.1. The average molecular weight is 454 g/mol. The highest BCUT2D eigenvalue weighted by Crippen LogP contribution is 2.30. The molecule has 3 aromatic rings. The monoisotopic (exact) mass is 453 g/mol. The van der Waals surface area contributed by atoms with Crippen LogP contribution >= 0.6 is 23.4 Å². The van der Waals surface area contributed by atoms with Crippen molar-refractivity contribution in [1.29, 1.82) is 0 Å². The molecule has 6 heteroatoms. The first-order valence-electron chi connectivity index (χ1n) is 11.0. The van der Waals surface area contributed by atoms with Crippen LogP contribution in [0.1, 0.15) is 43.0 Å². The predicted octanol–water partition coefficient (Wildman–Crippen LogP) is 6.03. The summed E-state index contributed by atoms with van der Waals surface area (Å²) >= 11 is 7.53. The number of amides is 1. The van der Waals surface area contributed by atoms with Crippen molar-refractivity contribution < 1.29 is 4.79 Å². The third-order valence-electron chi connectivity index (χ3n) is 5.82. The lowest BCUT2D eigenvalue weighted by Gasteiger charge is -2.33. The number of rotatable bonds is 7. The van der Waals surface area contributed by atoms with Gasteiger partial charge in [-0.3, -0.25) is 4.79 Å². The Morgan fingerprint density at radius 2 is 2.00 bits per heavy atom. The zero-order valence-electron chi connectivity index (χ0n) is 17.8. The second-order valence-corrected chi connectivity index (χ2v) is 9.60.